The maximum atomic E-state index is 12.9. The zero-order valence-electron chi connectivity index (χ0n) is 25.0. The molecular formula is C33H39N5O5. The van der Waals surface area contributed by atoms with Crippen LogP contribution in [0.4, 0.5) is 21.0 Å². The number of urea groups is 1. The second-order valence-electron chi connectivity index (χ2n) is 10.3. The molecule has 226 valence electrons. The number of oxazole rings is 1. The largest absolute Gasteiger partial charge is 0.496 e. The lowest BCUT2D eigenvalue weighted by Crippen LogP contribution is -2.37. The Morgan fingerprint density at radius 2 is 1.74 bits per heavy atom. The SMILES string of the molecule is CCCN(C[C@@H](OC(=O)NCc1cccc(NC(=O)Nc2ccc(-c3cnco3)c(OC)c2)c1)c1ccccc1)C(C)C. The van der Waals surface area contributed by atoms with E-state index in [1.807, 2.05) is 42.5 Å². The van der Waals surface area contributed by atoms with Gasteiger partial charge in [0.1, 0.15) is 11.9 Å². The first-order valence-corrected chi connectivity index (χ1v) is 14.3. The van der Waals surface area contributed by atoms with Crippen LogP contribution in [0.15, 0.2) is 89.8 Å². The third-order valence-corrected chi connectivity index (χ3v) is 6.84. The Labute approximate surface area is 252 Å². The molecule has 0 spiro atoms. The predicted molar refractivity (Wildman–Crippen MR) is 167 cm³/mol. The van der Waals surface area contributed by atoms with E-state index in [2.05, 4.69) is 46.6 Å². The van der Waals surface area contributed by atoms with Gasteiger partial charge in [0.2, 0.25) is 0 Å². The second-order valence-corrected chi connectivity index (χ2v) is 10.3. The van der Waals surface area contributed by atoms with Crippen LogP contribution in [0, 0.1) is 0 Å². The van der Waals surface area contributed by atoms with Crippen molar-refractivity contribution in [3.05, 3.63) is 96.5 Å². The second kappa shape index (κ2) is 15.4. The molecule has 4 rings (SSSR count). The number of ether oxygens (including phenoxy) is 2. The van der Waals surface area contributed by atoms with Crippen molar-refractivity contribution in [2.24, 2.45) is 0 Å². The van der Waals surface area contributed by atoms with E-state index in [0.717, 1.165) is 29.7 Å². The smallest absolute Gasteiger partial charge is 0.408 e. The Morgan fingerprint density at radius 3 is 2.42 bits per heavy atom. The predicted octanol–water partition coefficient (Wildman–Crippen LogP) is 7.08. The van der Waals surface area contributed by atoms with Gasteiger partial charge in [-0.3, -0.25) is 4.90 Å². The summed E-state index contributed by atoms with van der Waals surface area (Å²) in [7, 11) is 1.54. The number of hydrogen-bond acceptors (Lipinski definition) is 7. The highest BCUT2D eigenvalue weighted by Gasteiger charge is 2.21. The van der Waals surface area contributed by atoms with Crippen LogP contribution in [0.2, 0.25) is 0 Å². The average molecular weight is 586 g/mol. The molecule has 1 atom stereocenters. The minimum atomic E-state index is -0.507. The molecule has 3 N–H and O–H groups in total. The standard InChI is InChI=1S/C33H39N5O5/c1-5-16-38(23(2)3)21-31(25-11-7-6-8-12-25)43-33(40)35-19-24-10-9-13-26(17-24)36-32(39)37-27-14-15-28(29(18-27)41-4)30-20-34-22-42-30/h6-15,17-18,20,22-23,31H,5,16,19,21H2,1-4H3,(H,35,40)(H2,36,37,39)/t31-/m1/s1. The fourth-order valence-electron chi connectivity index (χ4n) is 4.66. The number of nitrogens with one attached hydrogen (secondary N) is 3. The van der Waals surface area contributed by atoms with E-state index in [0.29, 0.717) is 35.5 Å². The van der Waals surface area contributed by atoms with Gasteiger partial charge >= 0.3 is 12.1 Å². The first-order valence-electron chi connectivity index (χ1n) is 14.3. The molecule has 0 aliphatic rings. The Balaban J connectivity index is 1.33. The summed E-state index contributed by atoms with van der Waals surface area (Å²) in [5.74, 6) is 1.10. The maximum absolute atomic E-state index is 12.9. The number of anilines is 2. The van der Waals surface area contributed by atoms with E-state index in [9.17, 15) is 9.59 Å². The Morgan fingerprint density at radius 1 is 0.977 bits per heavy atom. The van der Waals surface area contributed by atoms with Gasteiger partial charge in [-0.2, -0.15) is 0 Å². The van der Waals surface area contributed by atoms with Crippen LogP contribution in [-0.2, 0) is 11.3 Å². The molecule has 3 aromatic carbocycles. The summed E-state index contributed by atoms with van der Waals surface area (Å²) in [4.78, 5) is 31.8. The fourth-order valence-corrected chi connectivity index (χ4v) is 4.66. The van der Waals surface area contributed by atoms with Gasteiger partial charge in [0.15, 0.2) is 12.2 Å². The molecular weight excluding hydrogens is 546 g/mol. The molecule has 0 saturated carbocycles. The van der Waals surface area contributed by atoms with Crippen LogP contribution >= 0.6 is 0 Å². The number of amides is 3. The van der Waals surface area contributed by atoms with Crippen molar-refractivity contribution in [1.82, 2.24) is 15.2 Å². The molecule has 3 amide bonds. The molecule has 0 radical (unpaired) electrons. The molecule has 0 unspecified atom stereocenters. The summed E-state index contributed by atoms with van der Waals surface area (Å²) >= 11 is 0. The van der Waals surface area contributed by atoms with Crippen LogP contribution in [-0.4, -0.2) is 48.2 Å². The molecule has 10 nitrogen and oxygen atoms in total. The highest BCUT2D eigenvalue weighted by molar-refractivity contribution is 6.00. The lowest BCUT2D eigenvalue weighted by atomic mass is 10.1. The Hall–Kier alpha value is -4.83. The highest BCUT2D eigenvalue weighted by Crippen LogP contribution is 2.32. The molecule has 0 aliphatic heterocycles. The zero-order valence-corrected chi connectivity index (χ0v) is 25.0. The van der Waals surface area contributed by atoms with Crippen LogP contribution < -0.4 is 20.7 Å². The van der Waals surface area contributed by atoms with E-state index in [-0.39, 0.29) is 6.54 Å². The summed E-state index contributed by atoms with van der Waals surface area (Å²) in [6.07, 6.45) is 3.04. The van der Waals surface area contributed by atoms with Gasteiger partial charge < -0.3 is 29.8 Å². The van der Waals surface area contributed by atoms with E-state index in [1.54, 1.807) is 43.6 Å². The van der Waals surface area contributed by atoms with E-state index < -0.39 is 18.2 Å². The van der Waals surface area contributed by atoms with Crippen molar-refractivity contribution >= 4 is 23.5 Å². The first kappa shape index (κ1) is 31.1. The van der Waals surface area contributed by atoms with Gasteiger partial charge in [0, 0.05) is 36.6 Å². The zero-order chi connectivity index (χ0) is 30.6. The molecule has 1 aromatic heterocycles. The lowest BCUT2D eigenvalue weighted by Gasteiger charge is -2.30. The fraction of sp³-hybridized carbons (Fsp3) is 0.303. The number of hydrogen-bond donors (Lipinski definition) is 3. The van der Waals surface area contributed by atoms with Crippen molar-refractivity contribution in [3.63, 3.8) is 0 Å². The quantitative estimate of drug-likeness (QED) is 0.153. The molecule has 0 saturated heterocycles. The van der Waals surface area contributed by atoms with Crippen molar-refractivity contribution in [2.45, 2.75) is 45.9 Å². The lowest BCUT2D eigenvalue weighted by molar-refractivity contribution is 0.0600. The Kier molecular flexibility index (Phi) is 11.2. The number of rotatable bonds is 13. The summed E-state index contributed by atoms with van der Waals surface area (Å²) in [5.41, 5.74) is 3.59. The topological polar surface area (TPSA) is 118 Å². The minimum absolute atomic E-state index is 0.237. The molecule has 4 aromatic rings. The number of nitrogens with zero attached hydrogens (tertiary/aromatic N) is 2. The summed E-state index contributed by atoms with van der Waals surface area (Å²) in [6.45, 7) is 8.19. The van der Waals surface area contributed by atoms with Gasteiger partial charge in [0.25, 0.3) is 0 Å². The van der Waals surface area contributed by atoms with Crippen molar-refractivity contribution < 1.29 is 23.5 Å². The monoisotopic (exact) mass is 585 g/mol. The molecule has 0 aliphatic carbocycles. The molecule has 0 fully saturated rings. The number of methoxy groups -OCH3 is 1. The van der Waals surface area contributed by atoms with Crippen molar-refractivity contribution in [3.8, 4) is 17.1 Å². The Bertz CT molecular complexity index is 1460. The maximum Gasteiger partial charge on any atom is 0.408 e. The minimum Gasteiger partial charge on any atom is -0.496 e. The average Bonchev–Trinajstić information content (AvgIpc) is 3.55. The van der Waals surface area contributed by atoms with E-state index >= 15 is 0 Å². The van der Waals surface area contributed by atoms with Crippen LogP contribution in [0.1, 0.15) is 44.4 Å². The molecule has 10 heteroatoms. The highest BCUT2D eigenvalue weighted by atomic mass is 16.6. The first-order chi connectivity index (χ1) is 20.9. The van der Waals surface area contributed by atoms with Gasteiger partial charge in [-0.1, -0.05) is 49.4 Å². The number of aromatic nitrogens is 1. The summed E-state index contributed by atoms with van der Waals surface area (Å²) < 4.78 is 16.7. The summed E-state index contributed by atoms with van der Waals surface area (Å²) in [6, 6.07) is 22.2. The van der Waals surface area contributed by atoms with Gasteiger partial charge in [-0.05, 0) is 62.2 Å². The third-order valence-electron chi connectivity index (χ3n) is 6.84. The van der Waals surface area contributed by atoms with Gasteiger partial charge in [-0.25, -0.2) is 14.6 Å². The number of benzene rings is 3. The molecule has 0 bridgehead atoms. The molecule has 43 heavy (non-hydrogen) atoms. The number of carbonyl (C=O) groups is 2. The third kappa shape index (κ3) is 9.08. The normalized spacial score (nSPS) is 11.7. The van der Waals surface area contributed by atoms with Crippen LogP contribution in [0.3, 0.4) is 0 Å². The van der Waals surface area contributed by atoms with Crippen LogP contribution in [0.5, 0.6) is 5.75 Å². The van der Waals surface area contributed by atoms with E-state index in [4.69, 9.17) is 13.9 Å². The van der Waals surface area contributed by atoms with E-state index in [1.165, 1.54) is 6.39 Å². The van der Waals surface area contributed by atoms with Gasteiger partial charge in [0.05, 0.1) is 18.9 Å². The van der Waals surface area contributed by atoms with Crippen molar-refractivity contribution in [2.75, 3.05) is 30.8 Å². The number of alkyl carbamates (subject to hydrolysis) is 1. The van der Waals surface area contributed by atoms with Gasteiger partial charge in [-0.15, -0.1) is 0 Å². The number of carbonyl (C=O) groups excluding carboxylic acids is 2. The molecule has 1 heterocycles. The summed E-state index contributed by atoms with van der Waals surface area (Å²) in [5, 5.41) is 8.48. The van der Waals surface area contributed by atoms with Crippen molar-refractivity contribution in [1.29, 1.82) is 0 Å². The van der Waals surface area contributed by atoms with Crippen LogP contribution in [0.25, 0.3) is 11.3 Å².